The number of imidazole rings is 1. The first-order valence-corrected chi connectivity index (χ1v) is 13.1. The van der Waals surface area contributed by atoms with Gasteiger partial charge in [0.15, 0.2) is 15.7 Å². The summed E-state index contributed by atoms with van der Waals surface area (Å²) < 4.78 is 62.1. The number of amidine groups is 1. The molecule has 0 amide bonds. The summed E-state index contributed by atoms with van der Waals surface area (Å²) >= 11 is 0. The molecule has 190 valence electrons. The van der Waals surface area contributed by atoms with Gasteiger partial charge in [-0.25, -0.2) is 22.2 Å². The number of ether oxygens (including phenoxy) is 1. The first kappa shape index (κ1) is 24.2. The predicted octanol–water partition coefficient (Wildman–Crippen LogP) is 3.77. The van der Waals surface area contributed by atoms with Crippen LogP contribution in [0.2, 0.25) is 0 Å². The maximum atomic E-state index is 13.8. The van der Waals surface area contributed by atoms with Gasteiger partial charge in [-0.1, -0.05) is 5.16 Å². The number of hydrogen-bond donors (Lipinski definition) is 0. The van der Waals surface area contributed by atoms with Crippen molar-refractivity contribution in [2.45, 2.75) is 42.9 Å². The number of rotatable bonds is 5. The van der Waals surface area contributed by atoms with Gasteiger partial charge in [0.05, 0.1) is 34.7 Å². The molecule has 1 aromatic heterocycles. The summed E-state index contributed by atoms with van der Waals surface area (Å²) in [6.45, 7) is 4.44. The van der Waals surface area contributed by atoms with Crippen molar-refractivity contribution in [2.24, 2.45) is 5.16 Å². The Bertz CT molecular complexity index is 1430. The molecule has 2 atom stereocenters. The lowest BCUT2D eigenvalue weighted by Gasteiger charge is -2.43. The average molecular weight is 517 g/mol. The van der Waals surface area contributed by atoms with Crippen molar-refractivity contribution in [1.29, 1.82) is 0 Å². The van der Waals surface area contributed by atoms with E-state index in [0.717, 1.165) is 29.3 Å². The molecule has 3 aromatic rings. The summed E-state index contributed by atoms with van der Waals surface area (Å²) in [7, 11) is -2.46. The van der Waals surface area contributed by atoms with Crippen molar-refractivity contribution in [3.8, 4) is 11.4 Å². The van der Waals surface area contributed by atoms with E-state index in [-0.39, 0.29) is 11.5 Å². The van der Waals surface area contributed by atoms with E-state index in [2.05, 4.69) is 10.1 Å². The highest BCUT2D eigenvalue weighted by Gasteiger charge is 2.44. The highest BCUT2D eigenvalue weighted by atomic mass is 32.2. The molecule has 0 bridgehead atoms. The number of aryl methyl sites for hydroxylation is 2. The van der Waals surface area contributed by atoms with Crippen LogP contribution < -0.4 is 4.74 Å². The Morgan fingerprint density at radius 1 is 1.11 bits per heavy atom. The third kappa shape index (κ3) is 4.21. The third-order valence-corrected chi connectivity index (χ3v) is 8.89. The van der Waals surface area contributed by atoms with Crippen LogP contribution in [0.15, 0.2) is 52.6 Å². The second-order valence-corrected chi connectivity index (χ2v) is 11.2. The Morgan fingerprint density at radius 3 is 2.53 bits per heavy atom. The van der Waals surface area contributed by atoms with Gasteiger partial charge in [-0.3, -0.25) is 0 Å². The van der Waals surface area contributed by atoms with Crippen LogP contribution in [-0.2, 0) is 14.7 Å². The lowest BCUT2D eigenvalue weighted by molar-refractivity contribution is 0.0475. The average Bonchev–Trinajstić information content (AvgIpc) is 3.19. The lowest BCUT2D eigenvalue weighted by atomic mass is 9.99. The van der Waals surface area contributed by atoms with E-state index in [0.29, 0.717) is 42.6 Å². The Kier molecular flexibility index (Phi) is 6.19. The number of piperidine rings is 1. The molecule has 36 heavy (non-hydrogen) atoms. The standard InChI is InChI=1S/C25H26F2N4O4S/c1-15-13-31(16(2)28-15)21-7-6-17(9-23(21)34-3)25-29-35-14-22-24(5-4-8-30(22)25)36(32,33)20-11-18(26)10-19(27)12-20/h6-7,9-13,22,24H,4-5,8,14H2,1-3H3. The van der Waals surface area contributed by atoms with Crippen molar-refractivity contribution < 1.29 is 26.8 Å². The van der Waals surface area contributed by atoms with Crippen LogP contribution in [0.3, 0.4) is 0 Å². The summed E-state index contributed by atoms with van der Waals surface area (Å²) in [5, 5.41) is 3.35. The van der Waals surface area contributed by atoms with Gasteiger partial charge in [0, 0.05) is 24.4 Å². The molecule has 1 fully saturated rings. The first-order chi connectivity index (χ1) is 17.2. The Labute approximate surface area is 208 Å². The number of methoxy groups -OCH3 is 1. The van der Waals surface area contributed by atoms with Gasteiger partial charge in [-0.2, -0.15) is 0 Å². The van der Waals surface area contributed by atoms with Crippen LogP contribution in [-0.4, -0.2) is 60.3 Å². The lowest BCUT2D eigenvalue weighted by Crippen LogP contribution is -2.57. The van der Waals surface area contributed by atoms with Gasteiger partial charge in [0.1, 0.15) is 29.8 Å². The van der Waals surface area contributed by atoms with Crippen molar-refractivity contribution in [2.75, 3.05) is 20.3 Å². The van der Waals surface area contributed by atoms with E-state index in [1.807, 2.05) is 47.7 Å². The number of aromatic nitrogens is 2. The Hall–Kier alpha value is -3.47. The Balaban J connectivity index is 1.49. The van der Waals surface area contributed by atoms with Crippen molar-refractivity contribution in [3.05, 3.63) is 71.3 Å². The fraction of sp³-hybridized carbons (Fsp3) is 0.360. The van der Waals surface area contributed by atoms with Gasteiger partial charge in [0.25, 0.3) is 0 Å². The zero-order valence-electron chi connectivity index (χ0n) is 20.1. The zero-order valence-corrected chi connectivity index (χ0v) is 20.9. The van der Waals surface area contributed by atoms with E-state index >= 15 is 0 Å². The highest BCUT2D eigenvalue weighted by molar-refractivity contribution is 7.92. The smallest absolute Gasteiger partial charge is 0.183 e. The maximum absolute atomic E-state index is 13.8. The number of hydrogen-bond acceptors (Lipinski definition) is 7. The number of nitrogens with zero attached hydrogens (tertiary/aromatic N) is 4. The van der Waals surface area contributed by atoms with Crippen LogP contribution in [0.5, 0.6) is 5.75 Å². The van der Waals surface area contributed by atoms with E-state index < -0.39 is 32.8 Å². The molecular weight excluding hydrogens is 490 g/mol. The molecule has 11 heteroatoms. The third-order valence-electron chi connectivity index (χ3n) is 6.65. The van der Waals surface area contributed by atoms with E-state index in [1.165, 1.54) is 0 Å². The van der Waals surface area contributed by atoms with Crippen molar-refractivity contribution >= 4 is 15.7 Å². The summed E-state index contributed by atoms with van der Waals surface area (Å²) in [5.74, 6) is 0.0294. The first-order valence-electron chi connectivity index (χ1n) is 11.6. The second kappa shape index (κ2) is 9.20. The van der Waals surface area contributed by atoms with E-state index in [1.54, 1.807) is 7.11 Å². The summed E-state index contributed by atoms with van der Waals surface area (Å²) in [4.78, 5) is 11.5. The number of halogens is 2. The van der Waals surface area contributed by atoms with Crippen LogP contribution >= 0.6 is 0 Å². The summed E-state index contributed by atoms with van der Waals surface area (Å²) in [5.41, 5.74) is 2.38. The van der Waals surface area contributed by atoms with E-state index in [9.17, 15) is 17.2 Å². The normalized spacial score (nSPS) is 19.9. The van der Waals surface area contributed by atoms with Gasteiger partial charge in [0.2, 0.25) is 0 Å². The quantitative estimate of drug-likeness (QED) is 0.513. The number of oxime groups is 1. The SMILES string of the molecule is COc1cc(C2=NOCC3C(S(=O)(=O)c4cc(F)cc(F)c4)CCCN23)ccc1-n1cc(C)nc1C. The molecule has 2 unspecified atom stereocenters. The van der Waals surface area contributed by atoms with Crippen LogP contribution in [0, 0.1) is 25.5 Å². The van der Waals surface area contributed by atoms with Crippen LogP contribution in [0.1, 0.15) is 29.9 Å². The largest absolute Gasteiger partial charge is 0.495 e. The second-order valence-electron chi connectivity index (χ2n) is 8.99. The molecule has 2 aromatic carbocycles. The molecule has 1 saturated heterocycles. The molecule has 2 aliphatic heterocycles. The maximum Gasteiger partial charge on any atom is 0.183 e. The monoisotopic (exact) mass is 516 g/mol. The van der Waals surface area contributed by atoms with Crippen molar-refractivity contribution in [3.63, 3.8) is 0 Å². The minimum Gasteiger partial charge on any atom is -0.495 e. The molecule has 3 heterocycles. The minimum atomic E-state index is -4.03. The summed E-state index contributed by atoms with van der Waals surface area (Å²) in [6.07, 6.45) is 2.83. The molecule has 0 saturated carbocycles. The van der Waals surface area contributed by atoms with Gasteiger partial charge >= 0.3 is 0 Å². The fourth-order valence-corrected chi connectivity index (χ4v) is 7.05. The predicted molar refractivity (Wildman–Crippen MR) is 129 cm³/mol. The molecule has 5 rings (SSSR count). The number of sulfone groups is 1. The topological polar surface area (TPSA) is 86.0 Å². The van der Waals surface area contributed by atoms with E-state index in [4.69, 9.17) is 9.57 Å². The molecule has 0 spiro atoms. The highest BCUT2D eigenvalue weighted by Crippen LogP contribution is 2.34. The molecule has 0 N–H and O–H groups in total. The summed E-state index contributed by atoms with van der Waals surface area (Å²) in [6, 6.07) is 7.41. The van der Waals surface area contributed by atoms with Crippen LogP contribution in [0.25, 0.3) is 5.69 Å². The van der Waals surface area contributed by atoms with Crippen LogP contribution in [0.4, 0.5) is 8.78 Å². The molecule has 2 aliphatic rings. The Morgan fingerprint density at radius 2 is 1.86 bits per heavy atom. The van der Waals surface area contributed by atoms with Gasteiger partial charge in [-0.15, -0.1) is 0 Å². The molecule has 8 nitrogen and oxygen atoms in total. The zero-order chi connectivity index (χ0) is 25.6. The molecular formula is C25H26F2N4O4S. The van der Waals surface area contributed by atoms with Crippen molar-refractivity contribution in [1.82, 2.24) is 14.5 Å². The molecule has 0 radical (unpaired) electrons. The van der Waals surface area contributed by atoms with Gasteiger partial charge in [-0.05, 0) is 57.0 Å². The minimum absolute atomic E-state index is 0.0495. The van der Waals surface area contributed by atoms with Gasteiger partial charge < -0.3 is 19.0 Å². The molecule has 0 aliphatic carbocycles. The number of benzene rings is 2. The number of fused-ring (bicyclic) bond motifs is 1. The fourth-order valence-electron chi connectivity index (χ4n) is 5.04.